The van der Waals surface area contributed by atoms with E-state index >= 15 is 0 Å². The molecule has 23 heavy (non-hydrogen) atoms. The maximum Gasteiger partial charge on any atom is 0.309 e. The first-order valence-corrected chi connectivity index (χ1v) is 8.73. The van der Waals surface area contributed by atoms with E-state index in [1.165, 1.54) is 13.1 Å². The van der Waals surface area contributed by atoms with Crippen molar-refractivity contribution in [2.75, 3.05) is 19.0 Å². The number of hydrogen-bond donors (Lipinski definition) is 2. The van der Waals surface area contributed by atoms with Crippen LogP contribution in [-0.2, 0) is 24.3 Å². The number of carbonyl (C=O) groups is 2. The van der Waals surface area contributed by atoms with Gasteiger partial charge in [-0.2, -0.15) is 0 Å². The summed E-state index contributed by atoms with van der Waals surface area (Å²) in [6.07, 6.45) is 0.795. The highest BCUT2D eigenvalue weighted by atomic mass is 32.2. The molecule has 1 saturated carbocycles. The largest absolute Gasteiger partial charge is 0.455 e. The molecule has 1 aliphatic carbocycles. The van der Waals surface area contributed by atoms with E-state index < -0.39 is 15.9 Å². The summed E-state index contributed by atoms with van der Waals surface area (Å²) in [6, 6.07) is 4.55. The van der Waals surface area contributed by atoms with E-state index in [0.29, 0.717) is 17.2 Å². The van der Waals surface area contributed by atoms with E-state index in [0.717, 1.165) is 6.42 Å². The number of sulfonamides is 1. The van der Waals surface area contributed by atoms with Crippen LogP contribution >= 0.6 is 0 Å². The van der Waals surface area contributed by atoms with Gasteiger partial charge in [-0.3, -0.25) is 9.59 Å². The van der Waals surface area contributed by atoms with Gasteiger partial charge in [0, 0.05) is 5.69 Å². The summed E-state index contributed by atoms with van der Waals surface area (Å²) >= 11 is 0. The molecule has 0 aromatic heterocycles. The van der Waals surface area contributed by atoms with Gasteiger partial charge in [-0.1, -0.05) is 13.0 Å². The summed E-state index contributed by atoms with van der Waals surface area (Å²) < 4.78 is 31.0. The number of rotatable bonds is 6. The minimum absolute atomic E-state index is 0.0848. The molecule has 0 spiro atoms. The van der Waals surface area contributed by atoms with Crippen molar-refractivity contribution in [2.45, 2.75) is 25.2 Å². The molecule has 1 fully saturated rings. The quantitative estimate of drug-likeness (QED) is 0.754. The third kappa shape index (κ3) is 4.29. The summed E-state index contributed by atoms with van der Waals surface area (Å²) in [5.74, 6) is -0.662. The third-order valence-corrected chi connectivity index (χ3v) is 5.34. The Balaban J connectivity index is 1.98. The topological polar surface area (TPSA) is 102 Å². The summed E-state index contributed by atoms with van der Waals surface area (Å²) in [4.78, 5) is 23.4. The van der Waals surface area contributed by atoms with Crippen LogP contribution in [0.2, 0.25) is 0 Å². The van der Waals surface area contributed by atoms with Crippen molar-refractivity contribution >= 4 is 27.6 Å². The molecule has 1 aromatic rings. The zero-order chi connectivity index (χ0) is 17.2. The van der Waals surface area contributed by atoms with Crippen LogP contribution < -0.4 is 10.0 Å². The van der Waals surface area contributed by atoms with Gasteiger partial charge in [0.05, 0.1) is 10.8 Å². The first kappa shape index (κ1) is 17.4. The Labute approximate surface area is 135 Å². The van der Waals surface area contributed by atoms with Gasteiger partial charge in [-0.15, -0.1) is 0 Å². The highest BCUT2D eigenvalue weighted by Gasteiger charge is 2.40. The van der Waals surface area contributed by atoms with E-state index in [-0.39, 0.29) is 23.4 Å². The second-order valence-corrected chi connectivity index (χ2v) is 7.52. The predicted octanol–water partition coefficient (Wildman–Crippen LogP) is 1.04. The number of benzene rings is 1. The fourth-order valence-corrected chi connectivity index (χ4v) is 3.16. The summed E-state index contributed by atoms with van der Waals surface area (Å²) in [5.41, 5.74) is 0.886. The fourth-order valence-electron chi connectivity index (χ4n) is 2.17. The average Bonchev–Trinajstić information content (AvgIpc) is 3.23. The Morgan fingerprint density at radius 3 is 2.57 bits per heavy atom. The normalized spacial score (nSPS) is 20.0. The van der Waals surface area contributed by atoms with Gasteiger partial charge in [0.15, 0.2) is 6.61 Å². The number of hydrogen-bond acceptors (Lipinski definition) is 5. The third-order valence-electron chi connectivity index (χ3n) is 3.79. The molecule has 0 unspecified atom stereocenters. The number of anilines is 1. The SMILES string of the molecule is CNS(=O)(=O)c1cc(NC(=O)COC(=O)[C@@H]2C[C@H]2C)ccc1C. The number of ether oxygens (including phenoxy) is 1. The highest BCUT2D eigenvalue weighted by molar-refractivity contribution is 7.89. The standard InChI is InChI=1S/C15H20N2O5S/c1-9-4-5-11(7-13(9)23(20,21)16-3)17-14(18)8-22-15(19)12-6-10(12)2/h4-5,7,10,12,16H,6,8H2,1-3H3,(H,17,18)/t10-,12-/m1/s1. The number of carbonyl (C=O) groups excluding carboxylic acids is 2. The number of esters is 1. The van der Waals surface area contributed by atoms with Crippen molar-refractivity contribution in [3.8, 4) is 0 Å². The minimum Gasteiger partial charge on any atom is -0.455 e. The molecule has 2 N–H and O–H groups in total. The Morgan fingerprint density at radius 1 is 1.35 bits per heavy atom. The average molecular weight is 340 g/mol. The minimum atomic E-state index is -3.61. The summed E-state index contributed by atoms with van der Waals surface area (Å²) in [7, 11) is -2.29. The van der Waals surface area contributed by atoms with Crippen molar-refractivity contribution in [3.05, 3.63) is 23.8 Å². The van der Waals surface area contributed by atoms with E-state index in [1.807, 2.05) is 6.92 Å². The molecule has 2 atom stereocenters. The molecule has 0 aliphatic heterocycles. The van der Waals surface area contributed by atoms with Crippen LogP contribution in [0.25, 0.3) is 0 Å². The molecule has 1 amide bonds. The molecule has 8 heteroatoms. The van der Waals surface area contributed by atoms with Gasteiger partial charge in [-0.25, -0.2) is 13.1 Å². The molecule has 0 bridgehead atoms. The van der Waals surface area contributed by atoms with E-state index in [1.54, 1.807) is 19.1 Å². The molecule has 1 aromatic carbocycles. The van der Waals surface area contributed by atoms with Crippen LogP contribution in [0.3, 0.4) is 0 Å². The highest BCUT2D eigenvalue weighted by Crippen LogP contribution is 2.38. The molecule has 126 valence electrons. The monoisotopic (exact) mass is 340 g/mol. The van der Waals surface area contributed by atoms with Crippen LogP contribution in [0.5, 0.6) is 0 Å². The molecular weight excluding hydrogens is 320 g/mol. The number of aryl methyl sites for hydroxylation is 1. The van der Waals surface area contributed by atoms with Gasteiger partial charge < -0.3 is 10.1 Å². The van der Waals surface area contributed by atoms with E-state index in [4.69, 9.17) is 4.74 Å². The van der Waals surface area contributed by atoms with Crippen molar-refractivity contribution in [1.82, 2.24) is 4.72 Å². The van der Waals surface area contributed by atoms with Crippen molar-refractivity contribution in [1.29, 1.82) is 0 Å². The van der Waals surface area contributed by atoms with Crippen LogP contribution in [0.1, 0.15) is 18.9 Å². The van der Waals surface area contributed by atoms with E-state index in [9.17, 15) is 18.0 Å². The van der Waals surface area contributed by atoms with Gasteiger partial charge >= 0.3 is 5.97 Å². The number of nitrogens with one attached hydrogen (secondary N) is 2. The van der Waals surface area contributed by atoms with Crippen molar-refractivity contribution in [3.63, 3.8) is 0 Å². The van der Waals surface area contributed by atoms with Crippen LogP contribution in [-0.4, -0.2) is 33.9 Å². The Morgan fingerprint density at radius 2 is 2.00 bits per heavy atom. The molecule has 2 rings (SSSR count). The van der Waals surface area contributed by atoms with Gasteiger partial charge in [0.2, 0.25) is 10.0 Å². The van der Waals surface area contributed by atoms with Gasteiger partial charge in [0.25, 0.3) is 5.91 Å². The fraction of sp³-hybridized carbons (Fsp3) is 0.467. The lowest BCUT2D eigenvalue weighted by Gasteiger charge is -2.10. The van der Waals surface area contributed by atoms with Gasteiger partial charge in [0.1, 0.15) is 0 Å². The summed E-state index contributed by atoms with van der Waals surface area (Å²) in [5, 5.41) is 2.52. The molecule has 0 saturated heterocycles. The number of amides is 1. The van der Waals surface area contributed by atoms with Crippen molar-refractivity contribution in [2.24, 2.45) is 11.8 Å². The predicted molar refractivity (Wildman–Crippen MR) is 84.3 cm³/mol. The second kappa shape index (κ2) is 6.67. The van der Waals surface area contributed by atoms with E-state index in [2.05, 4.69) is 10.0 Å². The molecule has 1 aliphatic rings. The van der Waals surface area contributed by atoms with Gasteiger partial charge in [-0.05, 0) is 44.0 Å². The Bertz CT molecular complexity index is 729. The Kier molecular flexibility index (Phi) is 5.06. The zero-order valence-electron chi connectivity index (χ0n) is 13.3. The van der Waals surface area contributed by atoms with Crippen LogP contribution in [0.4, 0.5) is 5.69 Å². The van der Waals surface area contributed by atoms with Crippen LogP contribution in [0, 0.1) is 18.8 Å². The molecule has 7 nitrogen and oxygen atoms in total. The maximum absolute atomic E-state index is 11.9. The first-order chi connectivity index (χ1) is 10.7. The lowest BCUT2D eigenvalue weighted by atomic mass is 10.2. The summed E-state index contributed by atoms with van der Waals surface area (Å²) in [6.45, 7) is 3.22. The first-order valence-electron chi connectivity index (χ1n) is 7.25. The Hall–Kier alpha value is -1.93. The lowest BCUT2D eigenvalue weighted by Crippen LogP contribution is -2.23. The zero-order valence-corrected chi connectivity index (χ0v) is 14.1. The second-order valence-electron chi connectivity index (χ2n) is 5.66. The lowest BCUT2D eigenvalue weighted by molar-refractivity contribution is -0.148. The maximum atomic E-state index is 11.9. The molecule has 0 radical (unpaired) electrons. The molecule has 0 heterocycles. The van der Waals surface area contributed by atoms with Crippen molar-refractivity contribution < 1.29 is 22.7 Å². The van der Waals surface area contributed by atoms with Crippen LogP contribution in [0.15, 0.2) is 23.1 Å². The molecular formula is C15H20N2O5S. The smallest absolute Gasteiger partial charge is 0.309 e.